The van der Waals surface area contributed by atoms with E-state index in [2.05, 4.69) is 5.32 Å². The molecule has 0 aromatic heterocycles. The van der Waals surface area contributed by atoms with Gasteiger partial charge in [0.1, 0.15) is 5.75 Å². The third-order valence-electron chi connectivity index (χ3n) is 2.92. The van der Waals surface area contributed by atoms with Gasteiger partial charge in [0.25, 0.3) is 0 Å². The van der Waals surface area contributed by atoms with E-state index in [1.54, 1.807) is 7.05 Å². The number of hydrogen-bond acceptors (Lipinski definition) is 3. The van der Waals surface area contributed by atoms with Gasteiger partial charge < -0.3 is 15.2 Å². The second-order valence-electron chi connectivity index (χ2n) is 4.68. The normalized spacial score (nSPS) is 16.1. The molecule has 0 amide bonds. The molecule has 0 aliphatic carbocycles. The van der Waals surface area contributed by atoms with Gasteiger partial charge in [-0.25, -0.2) is 8.78 Å². The maximum absolute atomic E-state index is 13.0. The first-order chi connectivity index (χ1) is 8.40. The van der Waals surface area contributed by atoms with E-state index in [0.717, 1.165) is 12.1 Å². The molecule has 0 saturated carbocycles. The van der Waals surface area contributed by atoms with Gasteiger partial charge in [-0.05, 0) is 33.0 Å². The lowest BCUT2D eigenvalue weighted by Crippen LogP contribution is -2.46. The number of aliphatic hydroxyl groups is 1. The van der Waals surface area contributed by atoms with Crippen molar-refractivity contribution >= 4 is 0 Å². The number of likely N-dealkylation sites (N-methyl/N-ethyl adjacent to an activating group) is 1. The van der Waals surface area contributed by atoms with Crippen LogP contribution in [0.2, 0.25) is 0 Å². The van der Waals surface area contributed by atoms with Gasteiger partial charge in [0.05, 0.1) is 12.7 Å². The molecule has 102 valence electrons. The zero-order valence-electron chi connectivity index (χ0n) is 10.8. The molecule has 0 spiro atoms. The molecular weight excluding hydrogens is 240 g/mol. The Morgan fingerprint density at radius 3 is 2.56 bits per heavy atom. The average molecular weight is 259 g/mol. The predicted octanol–water partition coefficient (Wildman–Crippen LogP) is 2.09. The van der Waals surface area contributed by atoms with Crippen molar-refractivity contribution in [1.82, 2.24) is 5.32 Å². The van der Waals surface area contributed by atoms with Crippen LogP contribution in [0.4, 0.5) is 8.78 Å². The third-order valence-corrected chi connectivity index (χ3v) is 2.92. The molecule has 1 rings (SSSR count). The topological polar surface area (TPSA) is 41.5 Å². The molecule has 0 radical (unpaired) electrons. The molecule has 0 heterocycles. The summed E-state index contributed by atoms with van der Waals surface area (Å²) >= 11 is 0. The van der Waals surface area contributed by atoms with Crippen LogP contribution in [0.25, 0.3) is 0 Å². The molecule has 5 heteroatoms. The van der Waals surface area contributed by atoms with Crippen LogP contribution in [-0.4, -0.2) is 30.4 Å². The van der Waals surface area contributed by atoms with Crippen molar-refractivity contribution in [1.29, 1.82) is 0 Å². The molecule has 2 N–H and O–H groups in total. The summed E-state index contributed by atoms with van der Waals surface area (Å²) in [5, 5.41) is 12.3. The minimum Gasteiger partial charge on any atom is -0.491 e. The predicted molar refractivity (Wildman–Crippen MR) is 65.6 cm³/mol. The summed E-state index contributed by atoms with van der Waals surface area (Å²) in [4.78, 5) is 0. The fourth-order valence-electron chi connectivity index (χ4n) is 1.70. The summed E-state index contributed by atoms with van der Waals surface area (Å²) in [5.41, 5.74) is -0.460. The number of nitrogens with one attached hydrogen (secondary N) is 1. The van der Waals surface area contributed by atoms with E-state index in [9.17, 15) is 13.9 Å². The Labute approximate surface area is 106 Å². The molecular formula is C13H19F2NO2. The lowest BCUT2D eigenvalue weighted by Gasteiger charge is -2.30. The monoisotopic (exact) mass is 259 g/mol. The van der Waals surface area contributed by atoms with Crippen LogP contribution in [0.5, 0.6) is 5.75 Å². The molecule has 0 aliphatic rings. The maximum Gasteiger partial charge on any atom is 0.162 e. The van der Waals surface area contributed by atoms with Crippen LogP contribution < -0.4 is 10.1 Å². The molecule has 1 aromatic carbocycles. The van der Waals surface area contributed by atoms with E-state index in [0.29, 0.717) is 6.42 Å². The van der Waals surface area contributed by atoms with Crippen molar-refractivity contribution in [2.24, 2.45) is 0 Å². The number of ether oxygens (including phenoxy) is 1. The maximum atomic E-state index is 13.0. The lowest BCUT2D eigenvalue weighted by molar-refractivity contribution is 0.115. The Bertz CT molecular complexity index is 395. The molecule has 0 aliphatic heterocycles. The summed E-state index contributed by atoms with van der Waals surface area (Å²) < 4.78 is 31.2. The Morgan fingerprint density at radius 2 is 2.06 bits per heavy atom. The summed E-state index contributed by atoms with van der Waals surface area (Å²) in [6, 6.07) is 3.42. The SMILES string of the molecule is CNC(C)(CO)CC(C)Oc1ccc(F)c(F)c1. The molecule has 2 unspecified atom stereocenters. The first-order valence-corrected chi connectivity index (χ1v) is 5.81. The van der Waals surface area contributed by atoms with Gasteiger partial charge in [-0.3, -0.25) is 0 Å². The fraction of sp³-hybridized carbons (Fsp3) is 0.538. The Kier molecular flexibility index (Phi) is 5.04. The van der Waals surface area contributed by atoms with Gasteiger partial charge in [-0.15, -0.1) is 0 Å². The van der Waals surface area contributed by atoms with Gasteiger partial charge in [-0.1, -0.05) is 0 Å². The second-order valence-corrected chi connectivity index (χ2v) is 4.68. The largest absolute Gasteiger partial charge is 0.491 e. The number of halogens is 2. The van der Waals surface area contributed by atoms with E-state index in [-0.39, 0.29) is 18.5 Å². The zero-order valence-corrected chi connectivity index (χ0v) is 10.8. The molecule has 1 aromatic rings. The molecule has 18 heavy (non-hydrogen) atoms. The Hall–Kier alpha value is -1.20. The Balaban J connectivity index is 2.64. The van der Waals surface area contributed by atoms with Gasteiger partial charge in [0, 0.05) is 18.0 Å². The standard InChI is InChI=1S/C13H19F2NO2/c1-9(7-13(2,8-17)16-3)18-10-4-5-11(14)12(15)6-10/h4-6,9,16-17H,7-8H2,1-3H3. The van der Waals surface area contributed by atoms with Crippen LogP contribution in [0.15, 0.2) is 18.2 Å². The smallest absolute Gasteiger partial charge is 0.162 e. The summed E-state index contributed by atoms with van der Waals surface area (Å²) in [5.74, 6) is -1.55. The van der Waals surface area contributed by atoms with Crippen molar-refractivity contribution in [3.8, 4) is 5.75 Å². The highest BCUT2D eigenvalue weighted by Crippen LogP contribution is 2.20. The fourth-order valence-corrected chi connectivity index (χ4v) is 1.70. The average Bonchev–Trinajstić information content (AvgIpc) is 2.33. The number of benzene rings is 1. The molecule has 0 saturated heterocycles. The summed E-state index contributed by atoms with van der Waals surface area (Å²) in [6.45, 7) is 3.64. The summed E-state index contributed by atoms with van der Waals surface area (Å²) in [6.07, 6.45) is 0.304. The van der Waals surface area contributed by atoms with E-state index in [1.165, 1.54) is 6.07 Å². The van der Waals surface area contributed by atoms with Crippen molar-refractivity contribution in [2.75, 3.05) is 13.7 Å². The highest BCUT2D eigenvalue weighted by molar-refractivity contribution is 5.23. The van der Waals surface area contributed by atoms with Crippen LogP contribution in [0.1, 0.15) is 20.3 Å². The van der Waals surface area contributed by atoms with Crippen LogP contribution >= 0.6 is 0 Å². The summed E-state index contributed by atoms with van der Waals surface area (Å²) in [7, 11) is 1.75. The van der Waals surface area contributed by atoms with Crippen LogP contribution in [0, 0.1) is 11.6 Å². The van der Waals surface area contributed by atoms with Gasteiger partial charge in [0.2, 0.25) is 0 Å². The zero-order chi connectivity index (χ0) is 13.8. The minimum absolute atomic E-state index is 0.0328. The van der Waals surface area contributed by atoms with Gasteiger partial charge in [0.15, 0.2) is 11.6 Å². The first kappa shape index (κ1) is 14.9. The lowest BCUT2D eigenvalue weighted by atomic mass is 9.96. The van der Waals surface area contributed by atoms with Crippen molar-refractivity contribution in [3.05, 3.63) is 29.8 Å². The highest BCUT2D eigenvalue weighted by atomic mass is 19.2. The van der Waals surface area contributed by atoms with Gasteiger partial charge >= 0.3 is 0 Å². The second kappa shape index (κ2) is 6.11. The number of hydrogen-bond donors (Lipinski definition) is 2. The quantitative estimate of drug-likeness (QED) is 0.822. The molecule has 0 fully saturated rings. The van der Waals surface area contributed by atoms with Gasteiger partial charge in [-0.2, -0.15) is 0 Å². The number of aliphatic hydroxyl groups excluding tert-OH is 1. The van der Waals surface area contributed by atoms with Crippen LogP contribution in [-0.2, 0) is 0 Å². The van der Waals surface area contributed by atoms with E-state index in [4.69, 9.17) is 4.74 Å². The van der Waals surface area contributed by atoms with Crippen molar-refractivity contribution in [3.63, 3.8) is 0 Å². The molecule has 2 atom stereocenters. The Morgan fingerprint density at radius 1 is 1.39 bits per heavy atom. The number of rotatable bonds is 6. The van der Waals surface area contributed by atoms with E-state index >= 15 is 0 Å². The highest BCUT2D eigenvalue weighted by Gasteiger charge is 2.24. The first-order valence-electron chi connectivity index (χ1n) is 5.81. The van der Waals surface area contributed by atoms with Crippen LogP contribution in [0.3, 0.4) is 0 Å². The van der Waals surface area contributed by atoms with E-state index in [1.807, 2.05) is 13.8 Å². The molecule has 0 bridgehead atoms. The minimum atomic E-state index is -0.932. The third kappa shape index (κ3) is 3.92. The van der Waals surface area contributed by atoms with Crippen molar-refractivity contribution in [2.45, 2.75) is 31.9 Å². The van der Waals surface area contributed by atoms with Crippen molar-refractivity contribution < 1.29 is 18.6 Å². The van der Waals surface area contributed by atoms with E-state index < -0.39 is 17.2 Å². The molecule has 3 nitrogen and oxygen atoms in total.